The van der Waals surface area contributed by atoms with Crippen molar-refractivity contribution in [3.63, 3.8) is 0 Å². The number of carbonyl (C=O) groups excluding carboxylic acids is 2. The minimum Gasteiger partial charge on any atom is -0.365 e. The van der Waals surface area contributed by atoms with Crippen LogP contribution in [0.2, 0.25) is 5.02 Å². The molecule has 1 aliphatic heterocycles. The summed E-state index contributed by atoms with van der Waals surface area (Å²) in [6, 6.07) is 5.05. The molecular weight excluding hydrogens is 264 g/mol. The zero-order chi connectivity index (χ0) is 13.8. The first-order valence-corrected chi connectivity index (χ1v) is 6.73. The van der Waals surface area contributed by atoms with Gasteiger partial charge in [-0.25, -0.2) is 0 Å². The van der Waals surface area contributed by atoms with Crippen molar-refractivity contribution in [2.45, 2.75) is 12.8 Å². The number of carbonyl (C=O) groups is 2. The Labute approximate surface area is 117 Å². The smallest absolute Gasteiger partial charge is 0.242 e. The molecule has 1 aromatic rings. The summed E-state index contributed by atoms with van der Waals surface area (Å²) >= 11 is 5.94. The first-order valence-electron chi connectivity index (χ1n) is 6.35. The number of aldehydes is 1. The van der Waals surface area contributed by atoms with Crippen LogP contribution < -0.4 is 4.90 Å². The molecule has 4 nitrogen and oxygen atoms in total. The quantitative estimate of drug-likeness (QED) is 0.794. The number of amides is 1. The van der Waals surface area contributed by atoms with Crippen LogP contribution in [0.4, 0.5) is 5.69 Å². The van der Waals surface area contributed by atoms with Crippen molar-refractivity contribution in [1.29, 1.82) is 0 Å². The van der Waals surface area contributed by atoms with Gasteiger partial charge in [0.2, 0.25) is 5.91 Å². The first kappa shape index (κ1) is 13.9. The highest BCUT2D eigenvalue weighted by Crippen LogP contribution is 2.23. The fraction of sp³-hybridized carbons (Fsp3) is 0.429. The molecule has 1 aromatic carbocycles. The predicted molar refractivity (Wildman–Crippen MR) is 75.9 cm³/mol. The molecule has 5 heteroatoms. The van der Waals surface area contributed by atoms with E-state index in [2.05, 4.69) is 0 Å². The van der Waals surface area contributed by atoms with Crippen LogP contribution in [-0.2, 0) is 4.79 Å². The largest absolute Gasteiger partial charge is 0.365 e. The second kappa shape index (κ2) is 6.06. The molecule has 102 valence electrons. The second-order valence-corrected chi connectivity index (χ2v) is 5.20. The maximum Gasteiger partial charge on any atom is 0.242 e. The number of hydrogen-bond acceptors (Lipinski definition) is 3. The standard InChI is InChI=1S/C14H17ClN2O2/c1-16(9-14(19)17-6-2-3-7-17)13-8-12(15)5-4-11(13)10-18/h4-5,8,10H,2-3,6-7,9H2,1H3. The number of hydrogen-bond donors (Lipinski definition) is 0. The molecule has 0 radical (unpaired) electrons. The number of anilines is 1. The summed E-state index contributed by atoms with van der Waals surface area (Å²) in [6.45, 7) is 1.94. The minimum absolute atomic E-state index is 0.0943. The number of rotatable bonds is 4. The van der Waals surface area contributed by atoms with Crippen LogP contribution in [-0.4, -0.2) is 43.8 Å². The molecule has 1 aliphatic rings. The number of likely N-dealkylation sites (tertiary alicyclic amines) is 1. The van der Waals surface area contributed by atoms with E-state index < -0.39 is 0 Å². The molecule has 1 saturated heterocycles. The van der Waals surface area contributed by atoms with E-state index >= 15 is 0 Å². The Bertz CT molecular complexity index is 484. The van der Waals surface area contributed by atoms with Gasteiger partial charge in [0.05, 0.1) is 6.54 Å². The van der Waals surface area contributed by atoms with Gasteiger partial charge >= 0.3 is 0 Å². The van der Waals surface area contributed by atoms with Crippen LogP contribution in [0.25, 0.3) is 0 Å². The van der Waals surface area contributed by atoms with Gasteiger partial charge in [-0.05, 0) is 31.0 Å². The normalized spacial score (nSPS) is 14.5. The van der Waals surface area contributed by atoms with Crippen LogP contribution in [0.5, 0.6) is 0 Å². The third kappa shape index (κ3) is 3.26. The SMILES string of the molecule is CN(CC(=O)N1CCCC1)c1cc(Cl)ccc1C=O. The van der Waals surface area contributed by atoms with E-state index in [0.29, 0.717) is 16.3 Å². The topological polar surface area (TPSA) is 40.6 Å². The second-order valence-electron chi connectivity index (χ2n) is 4.76. The molecule has 2 rings (SSSR count). The Kier molecular flexibility index (Phi) is 4.43. The Morgan fingerprint density at radius 2 is 2.11 bits per heavy atom. The van der Waals surface area contributed by atoms with Gasteiger partial charge in [-0.2, -0.15) is 0 Å². The monoisotopic (exact) mass is 280 g/mol. The molecular formula is C14H17ClN2O2. The van der Waals surface area contributed by atoms with E-state index in [1.165, 1.54) is 0 Å². The van der Waals surface area contributed by atoms with Gasteiger partial charge in [-0.1, -0.05) is 11.6 Å². The van der Waals surface area contributed by atoms with Crippen LogP contribution in [0, 0.1) is 0 Å². The van der Waals surface area contributed by atoms with Crippen molar-refractivity contribution in [2.75, 3.05) is 31.6 Å². The van der Waals surface area contributed by atoms with Gasteiger partial charge in [0.15, 0.2) is 6.29 Å². The third-order valence-corrected chi connectivity index (χ3v) is 3.60. The van der Waals surface area contributed by atoms with Crippen LogP contribution in [0.1, 0.15) is 23.2 Å². The molecule has 0 unspecified atom stereocenters. The predicted octanol–water partition coefficient (Wildman–Crippen LogP) is 2.21. The average Bonchev–Trinajstić information content (AvgIpc) is 2.92. The average molecular weight is 281 g/mol. The highest BCUT2D eigenvalue weighted by molar-refractivity contribution is 6.31. The van der Waals surface area contributed by atoms with Crippen molar-refractivity contribution < 1.29 is 9.59 Å². The lowest BCUT2D eigenvalue weighted by molar-refractivity contribution is -0.128. The van der Waals surface area contributed by atoms with Crippen LogP contribution in [0.15, 0.2) is 18.2 Å². The van der Waals surface area contributed by atoms with E-state index in [9.17, 15) is 9.59 Å². The maximum atomic E-state index is 12.1. The summed E-state index contributed by atoms with van der Waals surface area (Å²) in [5.41, 5.74) is 1.23. The van der Waals surface area contributed by atoms with Crippen molar-refractivity contribution >= 4 is 29.5 Å². The zero-order valence-electron chi connectivity index (χ0n) is 10.9. The molecule has 0 aromatic heterocycles. The van der Waals surface area contributed by atoms with E-state index in [1.807, 2.05) is 4.90 Å². The summed E-state index contributed by atoms with van der Waals surface area (Å²) < 4.78 is 0. The van der Waals surface area contributed by atoms with Crippen molar-refractivity contribution in [3.8, 4) is 0 Å². The van der Waals surface area contributed by atoms with Crippen molar-refractivity contribution in [3.05, 3.63) is 28.8 Å². The number of nitrogens with zero attached hydrogens (tertiary/aromatic N) is 2. The lowest BCUT2D eigenvalue weighted by Crippen LogP contribution is -2.37. The van der Waals surface area contributed by atoms with Crippen molar-refractivity contribution in [1.82, 2.24) is 4.90 Å². The Morgan fingerprint density at radius 3 is 2.74 bits per heavy atom. The highest BCUT2D eigenvalue weighted by atomic mass is 35.5. The van der Waals surface area contributed by atoms with Gasteiger partial charge in [-0.3, -0.25) is 9.59 Å². The zero-order valence-corrected chi connectivity index (χ0v) is 11.7. The number of benzene rings is 1. The Balaban J connectivity index is 2.10. The van der Waals surface area contributed by atoms with Crippen LogP contribution in [0.3, 0.4) is 0 Å². The number of likely N-dealkylation sites (N-methyl/N-ethyl adjacent to an activating group) is 1. The summed E-state index contributed by atoms with van der Waals surface area (Å²) in [4.78, 5) is 26.7. The summed E-state index contributed by atoms with van der Waals surface area (Å²) in [6.07, 6.45) is 2.93. The summed E-state index contributed by atoms with van der Waals surface area (Å²) in [7, 11) is 1.80. The maximum absolute atomic E-state index is 12.1. The van der Waals surface area contributed by atoms with Crippen LogP contribution >= 0.6 is 11.6 Å². The van der Waals surface area contributed by atoms with Gasteiger partial charge in [0.25, 0.3) is 0 Å². The summed E-state index contributed by atoms with van der Waals surface area (Å²) in [5, 5.41) is 0.557. The molecule has 0 aliphatic carbocycles. The molecule has 0 bridgehead atoms. The molecule has 0 atom stereocenters. The number of halogens is 1. The fourth-order valence-corrected chi connectivity index (χ4v) is 2.47. The molecule has 19 heavy (non-hydrogen) atoms. The van der Waals surface area contributed by atoms with E-state index in [0.717, 1.165) is 32.2 Å². The van der Waals surface area contributed by atoms with Gasteiger partial charge < -0.3 is 9.80 Å². The van der Waals surface area contributed by atoms with E-state index in [-0.39, 0.29) is 12.5 Å². The third-order valence-electron chi connectivity index (χ3n) is 3.36. The minimum atomic E-state index is 0.0943. The first-order chi connectivity index (χ1) is 9.11. The molecule has 0 spiro atoms. The van der Waals surface area contributed by atoms with Crippen molar-refractivity contribution in [2.24, 2.45) is 0 Å². The summed E-state index contributed by atoms with van der Waals surface area (Å²) in [5.74, 6) is 0.0943. The molecule has 0 N–H and O–H groups in total. The van der Waals surface area contributed by atoms with Gasteiger partial charge in [0.1, 0.15) is 0 Å². The molecule has 1 fully saturated rings. The lowest BCUT2D eigenvalue weighted by Gasteiger charge is -2.24. The molecule has 0 saturated carbocycles. The van der Waals surface area contributed by atoms with Gasteiger partial charge in [0, 0.05) is 36.4 Å². The van der Waals surface area contributed by atoms with E-state index in [4.69, 9.17) is 11.6 Å². The Hall–Kier alpha value is -1.55. The highest BCUT2D eigenvalue weighted by Gasteiger charge is 2.20. The fourth-order valence-electron chi connectivity index (χ4n) is 2.30. The molecule has 1 amide bonds. The Morgan fingerprint density at radius 1 is 1.42 bits per heavy atom. The lowest BCUT2D eigenvalue weighted by atomic mass is 10.2. The molecule has 1 heterocycles. The van der Waals surface area contributed by atoms with Gasteiger partial charge in [-0.15, -0.1) is 0 Å². The van der Waals surface area contributed by atoms with E-state index in [1.54, 1.807) is 30.1 Å².